The van der Waals surface area contributed by atoms with Crippen molar-refractivity contribution in [3.8, 4) is 16.3 Å². The molecular formula is C23H23N3O2S. The fraction of sp³-hybridized carbons (Fsp3) is 0.217. The van der Waals surface area contributed by atoms with E-state index < -0.39 is 0 Å². The van der Waals surface area contributed by atoms with Gasteiger partial charge in [-0.1, -0.05) is 18.2 Å². The lowest BCUT2D eigenvalue weighted by Gasteiger charge is -2.13. The van der Waals surface area contributed by atoms with Crippen molar-refractivity contribution in [2.24, 2.45) is 0 Å². The van der Waals surface area contributed by atoms with E-state index in [0.29, 0.717) is 0 Å². The first-order chi connectivity index (χ1) is 14.1. The van der Waals surface area contributed by atoms with Gasteiger partial charge in [0.15, 0.2) is 0 Å². The average molecular weight is 406 g/mol. The predicted octanol–water partition coefficient (Wildman–Crippen LogP) is 4.59. The largest absolute Gasteiger partial charge is 0.497 e. The zero-order chi connectivity index (χ0) is 20.2. The molecule has 1 amide bonds. The van der Waals surface area contributed by atoms with Crippen LogP contribution < -0.4 is 10.1 Å². The van der Waals surface area contributed by atoms with Gasteiger partial charge in [-0.05, 0) is 49.2 Å². The molecule has 4 rings (SSSR count). The Labute approximate surface area is 173 Å². The van der Waals surface area contributed by atoms with E-state index in [1.54, 1.807) is 18.4 Å². The zero-order valence-corrected chi connectivity index (χ0v) is 17.3. The average Bonchev–Trinajstić information content (AvgIpc) is 3.35. The summed E-state index contributed by atoms with van der Waals surface area (Å²) in [6.45, 7) is 2.03. The van der Waals surface area contributed by atoms with Crippen LogP contribution in [0, 0.1) is 0 Å². The number of aromatic nitrogens is 2. The van der Waals surface area contributed by atoms with Crippen LogP contribution >= 0.6 is 11.3 Å². The molecule has 0 bridgehead atoms. The Morgan fingerprint density at radius 3 is 2.79 bits per heavy atom. The van der Waals surface area contributed by atoms with Gasteiger partial charge in [0.2, 0.25) is 5.91 Å². The second kappa shape index (κ2) is 8.49. The third-order valence-corrected chi connectivity index (χ3v) is 5.78. The molecule has 6 heteroatoms. The van der Waals surface area contributed by atoms with Gasteiger partial charge in [-0.15, -0.1) is 11.3 Å². The Bertz CT molecular complexity index is 1110. The minimum absolute atomic E-state index is 0.0103. The van der Waals surface area contributed by atoms with Crippen LogP contribution in [0.15, 0.2) is 60.1 Å². The molecule has 0 spiro atoms. The first kappa shape index (κ1) is 19.2. The molecule has 0 unspecified atom stereocenters. The van der Waals surface area contributed by atoms with Crippen molar-refractivity contribution in [1.82, 2.24) is 15.3 Å². The minimum Gasteiger partial charge on any atom is -0.497 e. The molecule has 2 heterocycles. The first-order valence-electron chi connectivity index (χ1n) is 9.55. The molecule has 0 aliphatic carbocycles. The molecule has 2 N–H and O–H groups in total. The van der Waals surface area contributed by atoms with Crippen LogP contribution in [0.2, 0.25) is 0 Å². The first-order valence-corrected chi connectivity index (χ1v) is 10.4. The van der Waals surface area contributed by atoms with Gasteiger partial charge in [0.25, 0.3) is 0 Å². The fourth-order valence-electron chi connectivity index (χ4n) is 3.43. The number of H-pyrrole nitrogens is 1. The molecular weight excluding hydrogens is 382 g/mol. The molecule has 0 saturated carbocycles. The van der Waals surface area contributed by atoms with Crippen LogP contribution in [0.3, 0.4) is 0 Å². The van der Waals surface area contributed by atoms with Crippen molar-refractivity contribution in [3.63, 3.8) is 0 Å². The van der Waals surface area contributed by atoms with E-state index >= 15 is 0 Å². The number of methoxy groups -OCH3 is 1. The summed E-state index contributed by atoms with van der Waals surface area (Å²) in [4.78, 5) is 20.4. The maximum atomic E-state index is 12.5. The normalized spacial score (nSPS) is 12.1. The van der Waals surface area contributed by atoms with Gasteiger partial charge in [-0.2, -0.15) is 0 Å². The highest BCUT2D eigenvalue weighted by Crippen LogP contribution is 2.26. The summed E-state index contributed by atoms with van der Waals surface area (Å²) in [7, 11) is 1.65. The zero-order valence-electron chi connectivity index (χ0n) is 16.4. The lowest BCUT2D eigenvalue weighted by atomic mass is 10.1. The highest BCUT2D eigenvalue weighted by Gasteiger charge is 2.13. The number of hydrogen-bond acceptors (Lipinski definition) is 4. The quantitative estimate of drug-likeness (QED) is 0.473. The van der Waals surface area contributed by atoms with Gasteiger partial charge in [-0.25, -0.2) is 4.98 Å². The van der Waals surface area contributed by atoms with Gasteiger partial charge in [-0.3, -0.25) is 4.79 Å². The third kappa shape index (κ3) is 4.49. The summed E-state index contributed by atoms with van der Waals surface area (Å²) in [5, 5.41) is 7.15. The molecule has 4 aromatic rings. The number of nitrogens with zero attached hydrogens (tertiary/aromatic N) is 1. The Morgan fingerprint density at radius 2 is 2.00 bits per heavy atom. The standard InChI is InChI=1S/C23H23N3O2S/c1-15(11-17-13-24-21-6-4-3-5-20(17)21)25-22(27)12-18-14-29-23(26-18)16-7-9-19(28-2)10-8-16/h3-10,13-15,24H,11-12H2,1-2H3,(H,25,27)/t15-/m1/s1. The van der Waals surface area contributed by atoms with Gasteiger partial charge in [0.05, 0.1) is 19.2 Å². The number of carbonyl (C=O) groups is 1. The van der Waals surface area contributed by atoms with Crippen molar-refractivity contribution < 1.29 is 9.53 Å². The smallest absolute Gasteiger partial charge is 0.226 e. The van der Waals surface area contributed by atoms with Crippen molar-refractivity contribution in [1.29, 1.82) is 0 Å². The van der Waals surface area contributed by atoms with Crippen LogP contribution in [-0.2, 0) is 17.6 Å². The number of para-hydroxylation sites is 1. The number of hydrogen-bond donors (Lipinski definition) is 2. The number of thiazole rings is 1. The number of benzene rings is 2. The molecule has 5 nitrogen and oxygen atoms in total. The highest BCUT2D eigenvalue weighted by atomic mass is 32.1. The summed E-state index contributed by atoms with van der Waals surface area (Å²) in [5.41, 5.74) is 4.14. The third-order valence-electron chi connectivity index (χ3n) is 4.84. The van der Waals surface area contributed by atoms with E-state index in [0.717, 1.165) is 34.0 Å². The Morgan fingerprint density at radius 1 is 1.21 bits per heavy atom. The molecule has 0 fully saturated rings. The second-order valence-corrected chi connectivity index (χ2v) is 7.94. The lowest BCUT2D eigenvalue weighted by molar-refractivity contribution is -0.121. The van der Waals surface area contributed by atoms with Crippen molar-refractivity contribution in [2.75, 3.05) is 7.11 Å². The topological polar surface area (TPSA) is 67.0 Å². The molecule has 1 atom stereocenters. The van der Waals surface area contributed by atoms with E-state index in [1.807, 2.05) is 54.9 Å². The van der Waals surface area contributed by atoms with Gasteiger partial charge in [0, 0.05) is 34.1 Å². The van der Waals surface area contributed by atoms with Crippen LogP contribution in [0.5, 0.6) is 5.75 Å². The SMILES string of the molecule is COc1ccc(-c2nc(CC(=O)N[C@H](C)Cc3c[nH]c4ccccc34)cs2)cc1. The van der Waals surface area contributed by atoms with E-state index in [9.17, 15) is 4.79 Å². The maximum absolute atomic E-state index is 12.5. The lowest BCUT2D eigenvalue weighted by Crippen LogP contribution is -2.35. The number of aromatic amines is 1. The van der Waals surface area contributed by atoms with Gasteiger partial charge < -0.3 is 15.0 Å². The Balaban J connectivity index is 1.35. The van der Waals surface area contributed by atoms with E-state index in [-0.39, 0.29) is 18.4 Å². The summed E-state index contributed by atoms with van der Waals surface area (Å²) in [5.74, 6) is 0.804. The van der Waals surface area contributed by atoms with Gasteiger partial charge >= 0.3 is 0 Å². The Kier molecular flexibility index (Phi) is 5.62. The van der Waals surface area contributed by atoms with Crippen molar-refractivity contribution in [3.05, 3.63) is 71.4 Å². The summed E-state index contributed by atoms with van der Waals surface area (Å²) in [6.07, 6.45) is 3.09. The minimum atomic E-state index is -0.0103. The number of rotatable bonds is 7. The van der Waals surface area contributed by atoms with E-state index in [4.69, 9.17) is 4.74 Å². The molecule has 0 radical (unpaired) electrons. The molecule has 0 saturated heterocycles. The van der Waals surface area contributed by atoms with Crippen LogP contribution in [0.4, 0.5) is 0 Å². The number of amides is 1. The van der Waals surface area contributed by atoms with E-state index in [2.05, 4.69) is 27.4 Å². The van der Waals surface area contributed by atoms with Crippen LogP contribution in [-0.4, -0.2) is 29.0 Å². The van der Waals surface area contributed by atoms with Crippen molar-refractivity contribution >= 4 is 28.1 Å². The summed E-state index contributed by atoms with van der Waals surface area (Å²) in [6, 6.07) is 16.0. The fourth-order valence-corrected chi connectivity index (χ4v) is 4.25. The van der Waals surface area contributed by atoms with Crippen LogP contribution in [0.25, 0.3) is 21.5 Å². The number of ether oxygens (including phenoxy) is 1. The van der Waals surface area contributed by atoms with E-state index in [1.165, 1.54) is 10.9 Å². The predicted molar refractivity (Wildman–Crippen MR) is 117 cm³/mol. The van der Waals surface area contributed by atoms with Crippen LogP contribution in [0.1, 0.15) is 18.2 Å². The molecule has 0 aliphatic heterocycles. The van der Waals surface area contributed by atoms with Gasteiger partial charge in [0.1, 0.15) is 10.8 Å². The summed E-state index contributed by atoms with van der Waals surface area (Å²) < 4.78 is 5.19. The Hall–Kier alpha value is -3.12. The monoisotopic (exact) mass is 405 g/mol. The molecule has 2 aromatic heterocycles. The maximum Gasteiger partial charge on any atom is 0.226 e. The number of nitrogens with one attached hydrogen (secondary N) is 2. The highest BCUT2D eigenvalue weighted by molar-refractivity contribution is 7.13. The molecule has 29 heavy (non-hydrogen) atoms. The molecule has 0 aliphatic rings. The number of carbonyl (C=O) groups excluding carboxylic acids is 1. The van der Waals surface area contributed by atoms with Crippen molar-refractivity contribution in [2.45, 2.75) is 25.8 Å². The second-order valence-electron chi connectivity index (χ2n) is 7.08. The summed E-state index contributed by atoms with van der Waals surface area (Å²) >= 11 is 1.55. The molecule has 2 aromatic carbocycles. The molecule has 148 valence electrons. The number of fused-ring (bicyclic) bond motifs is 1.